The summed E-state index contributed by atoms with van der Waals surface area (Å²) in [5.74, 6) is 0. The van der Waals surface area contributed by atoms with Gasteiger partial charge in [-0.1, -0.05) is 36.4 Å². The summed E-state index contributed by atoms with van der Waals surface area (Å²) in [4.78, 5) is 4.03. The molecule has 0 saturated heterocycles. The normalized spacial score (nSPS) is 14.1. The van der Waals surface area contributed by atoms with Gasteiger partial charge in [-0.2, -0.15) is 5.10 Å². The van der Waals surface area contributed by atoms with Gasteiger partial charge in [0, 0.05) is 6.04 Å². The highest BCUT2D eigenvalue weighted by Crippen LogP contribution is 2.26. The lowest BCUT2D eigenvalue weighted by Gasteiger charge is -2.16. The third-order valence-corrected chi connectivity index (χ3v) is 3.98. The van der Waals surface area contributed by atoms with Gasteiger partial charge in [0.15, 0.2) is 0 Å². The Morgan fingerprint density at radius 1 is 0.952 bits per heavy atom. The second kappa shape index (κ2) is 5.05. The lowest BCUT2D eigenvalue weighted by atomic mass is 10.1. The van der Waals surface area contributed by atoms with Crippen LogP contribution in [0.3, 0.4) is 0 Å². The van der Waals surface area contributed by atoms with E-state index in [1.54, 1.807) is 17.3 Å². The van der Waals surface area contributed by atoms with E-state index in [0.717, 1.165) is 24.2 Å². The Balaban J connectivity index is 1.59. The number of hydrogen-bond donors (Lipinski definition) is 1. The molecule has 104 valence electrons. The first-order valence-electron chi connectivity index (χ1n) is 7.17. The maximum atomic E-state index is 4.23. The lowest BCUT2D eigenvalue weighted by molar-refractivity contribution is 0.769. The van der Waals surface area contributed by atoms with Crippen molar-refractivity contribution in [2.45, 2.75) is 18.9 Å². The van der Waals surface area contributed by atoms with Gasteiger partial charge in [0.25, 0.3) is 0 Å². The molecule has 0 aliphatic heterocycles. The highest BCUT2D eigenvalue weighted by molar-refractivity contribution is 5.61. The van der Waals surface area contributed by atoms with Gasteiger partial charge in [0.05, 0.1) is 11.4 Å². The molecule has 3 aromatic rings. The van der Waals surface area contributed by atoms with Crippen LogP contribution in [0.25, 0.3) is 5.69 Å². The van der Waals surface area contributed by atoms with Crippen LogP contribution in [0.2, 0.25) is 0 Å². The SMILES string of the molecule is c1ccc2c(c1)CC(Nc1ccccc1-n1cncn1)C2. The molecule has 0 fully saturated rings. The molecule has 0 saturated carbocycles. The van der Waals surface area contributed by atoms with Crippen LogP contribution in [0.1, 0.15) is 11.1 Å². The van der Waals surface area contributed by atoms with Crippen LogP contribution in [0.4, 0.5) is 5.69 Å². The Kier molecular flexibility index (Phi) is 2.92. The molecule has 0 radical (unpaired) electrons. The predicted octanol–water partition coefficient (Wildman–Crippen LogP) is 2.85. The van der Waals surface area contributed by atoms with E-state index >= 15 is 0 Å². The number of hydrogen-bond acceptors (Lipinski definition) is 3. The van der Waals surface area contributed by atoms with Crippen LogP contribution in [-0.4, -0.2) is 20.8 Å². The molecule has 0 atom stereocenters. The maximum absolute atomic E-state index is 4.23. The van der Waals surface area contributed by atoms with Gasteiger partial charge in [-0.25, -0.2) is 9.67 Å². The van der Waals surface area contributed by atoms with Crippen LogP contribution in [-0.2, 0) is 12.8 Å². The number of aromatic nitrogens is 3. The summed E-state index contributed by atoms with van der Waals surface area (Å²) in [6, 6.07) is 17.3. The number of fused-ring (bicyclic) bond motifs is 1. The minimum Gasteiger partial charge on any atom is -0.380 e. The predicted molar refractivity (Wildman–Crippen MR) is 82.6 cm³/mol. The summed E-state index contributed by atoms with van der Waals surface area (Å²) >= 11 is 0. The Morgan fingerprint density at radius 2 is 1.67 bits per heavy atom. The third-order valence-electron chi connectivity index (χ3n) is 3.98. The number of para-hydroxylation sites is 2. The minimum atomic E-state index is 0.437. The quantitative estimate of drug-likeness (QED) is 0.800. The first-order valence-corrected chi connectivity index (χ1v) is 7.17. The van der Waals surface area contributed by atoms with Gasteiger partial charge in [0.2, 0.25) is 0 Å². The molecule has 1 aliphatic carbocycles. The zero-order valence-electron chi connectivity index (χ0n) is 11.6. The van der Waals surface area contributed by atoms with Crippen molar-refractivity contribution in [3.8, 4) is 5.69 Å². The minimum absolute atomic E-state index is 0.437. The molecule has 4 rings (SSSR count). The van der Waals surface area contributed by atoms with Crippen molar-refractivity contribution in [1.82, 2.24) is 14.8 Å². The molecule has 1 aromatic heterocycles. The third kappa shape index (κ3) is 2.29. The van der Waals surface area contributed by atoms with Crippen molar-refractivity contribution in [3.63, 3.8) is 0 Å². The number of rotatable bonds is 3. The van der Waals surface area contributed by atoms with Crippen LogP contribution in [0.15, 0.2) is 61.2 Å². The molecule has 2 aromatic carbocycles. The van der Waals surface area contributed by atoms with E-state index in [-0.39, 0.29) is 0 Å². The van der Waals surface area contributed by atoms with Gasteiger partial charge in [-0.3, -0.25) is 0 Å². The molecule has 1 N–H and O–H groups in total. The van der Waals surface area contributed by atoms with E-state index in [1.807, 2.05) is 12.1 Å². The molecule has 0 amide bonds. The van der Waals surface area contributed by atoms with Crippen molar-refractivity contribution in [2.75, 3.05) is 5.32 Å². The molecule has 4 heteroatoms. The summed E-state index contributed by atoms with van der Waals surface area (Å²) in [5, 5.41) is 7.88. The second-order valence-electron chi connectivity index (χ2n) is 5.38. The average molecular weight is 276 g/mol. The van der Waals surface area contributed by atoms with Crippen molar-refractivity contribution >= 4 is 5.69 Å². The van der Waals surface area contributed by atoms with Gasteiger partial charge in [0.1, 0.15) is 12.7 Å². The molecule has 0 unspecified atom stereocenters. The van der Waals surface area contributed by atoms with E-state index in [4.69, 9.17) is 0 Å². The topological polar surface area (TPSA) is 42.7 Å². The fourth-order valence-corrected chi connectivity index (χ4v) is 3.01. The van der Waals surface area contributed by atoms with Crippen LogP contribution in [0.5, 0.6) is 0 Å². The van der Waals surface area contributed by atoms with E-state index in [0.29, 0.717) is 6.04 Å². The van der Waals surface area contributed by atoms with Gasteiger partial charge in [-0.15, -0.1) is 0 Å². The number of nitrogens with one attached hydrogen (secondary N) is 1. The van der Waals surface area contributed by atoms with Gasteiger partial charge in [-0.05, 0) is 36.1 Å². The maximum Gasteiger partial charge on any atom is 0.138 e. The first-order chi connectivity index (χ1) is 10.4. The van der Waals surface area contributed by atoms with Crippen LogP contribution in [0, 0.1) is 0 Å². The Morgan fingerprint density at radius 3 is 2.38 bits per heavy atom. The van der Waals surface area contributed by atoms with Crippen molar-refractivity contribution in [2.24, 2.45) is 0 Å². The van der Waals surface area contributed by atoms with Gasteiger partial charge < -0.3 is 5.32 Å². The average Bonchev–Trinajstić information content (AvgIpc) is 3.16. The summed E-state index contributed by atoms with van der Waals surface area (Å²) in [5.41, 5.74) is 5.04. The second-order valence-corrected chi connectivity index (χ2v) is 5.38. The molecular weight excluding hydrogens is 260 g/mol. The molecule has 1 aliphatic rings. The highest BCUT2D eigenvalue weighted by Gasteiger charge is 2.21. The summed E-state index contributed by atoms with van der Waals surface area (Å²) in [6.45, 7) is 0. The van der Waals surface area contributed by atoms with E-state index in [1.165, 1.54) is 11.1 Å². The zero-order valence-corrected chi connectivity index (χ0v) is 11.6. The summed E-state index contributed by atoms with van der Waals surface area (Å²) in [7, 11) is 0. The molecular formula is C17H16N4. The van der Waals surface area contributed by atoms with Crippen LogP contribution < -0.4 is 5.32 Å². The molecule has 21 heavy (non-hydrogen) atoms. The monoisotopic (exact) mass is 276 g/mol. The van der Waals surface area contributed by atoms with Crippen molar-refractivity contribution < 1.29 is 0 Å². The van der Waals surface area contributed by atoms with E-state index < -0.39 is 0 Å². The number of nitrogens with zero attached hydrogens (tertiary/aromatic N) is 3. The summed E-state index contributed by atoms with van der Waals surface area (Å²) in [6.07, 6.45) is 5.43. The molecule has 0 bridgehead atoms. The van der Waals surface area contributed by atoms with E-state index in [2.05, 4.69) is 51.8 Å². The Labute approximate surface area is 123 Å². The lowest BCUT2D eigenvalue weighted by Crippen LogP contribution is -2.20. The number of anilines is 1. The zero-order chi connectivity index (χ0) is 14.1. The molecule has 0 spiro atoms. The van der Waals surface area contributed by atoms with E-state index in [9.17, 15) is 0 Å². The van der Waals surface area contributed by atoms with Crippen molar-refractivity contribution in [3.05, 3.63) is 72.3 Å². The summed E-state index contributed by atoms with van der Waals surface area (Å²) < 4.78 is 1.80. The smallest absolute Gasteiger partial charge is 0.138 e. The fraction of sp³-hybridized carbons (Fsp3) is 0.176. The highest BCUT2D eigenvalue weighted by atomic mass is 15.3. The molecule has 1 heterocycles. The fourth-order valence-electron chi connectivity index (χ4n) is 3.01. The standard InChI is InChI=1S/C17H16N4/c1-2-6-14-10-15(9-13(14)5-1)20-16-7-3-4-8-17(16)21-12-18-11-19-21/h1-8,11-12,15,20H,9-10H2. The van der Waals surface area contributed by atoms with Crippen molar-refractivity contribution in [1.29, 1.82) is 0 Å². The largest absolute Gasteiger partial charge is 0.380 e. The Bertz CT molecular complexity index is 724. The number of benzene rings is 2. The van der Waals surface area contributed by atoms with Crippen LogP contribution >= 0.6 is 0 Å². The molecule has 4 nitrogen and oxygen atoms in total. The Hall–Kier alpha value is -2.62. The first kappa shape index (κ1) is 12.1. The van der Waals surface area contributed by atoms with Gasteiger partial charge >= 0.3 is 0 Å².